The van der Waals surface area contributed by atoms with Crippen LogP contribution in [0.4, 0.5) is 4.79 Å². The molecule has 1 rings (SSSR count). The van der Waals surface area contributed by atoms with Crippen LogP contribution in [0.25, 0.3) is 0 Å². The molecule has 1 atom stereocenters. The van der Waals surface area contributed by atoms with Crippen molar-refractivity contribution in [2.24, 2.45) is 0 Å². The Kier molecular flexibility index (Phi) is 6.03. The number of nitrogens with zero attached hydrogens (tertiary/aromatic N) is 1. The molecule has 0 saturated carbocycles. The standard InChI is InChI=1S/C15H18N2O3/c1-3-10-17(11-4-2)15(20)16-13(14(18)19)12-8-6-5-7-9-12/h3-9,13H,1-2,10-11H2,(H,16,20)(H,18,19). The zero-order valence-corrected chi connectivity index (χ0v) is 11.2. The molecule has 0 bridgehead atoms. The van der Waals surface area contributed by atoms with Crippen molar-refractivity contribution in [1.29, 1.82) is 0 Å². The van der Waals surface area contributed by atoms with Crippen LogP contribution >= 0.6 is 0 Å². The van der Waals surface area contributed by atoms with Gasteiger partial charge in [-0.1, -0.05) is 42.5 Å². The van der Waals surface area contributed by atoms with Gasteiger partial charge >= 0.3 is 12.0 Å². The third-order valence-corrected chi connectivity index (χ3v) is 2.63. The van der Waals surface area contributed by atoms with Crippen molar-refractivity contribution in [3.63, 3.8) is 0 Å². The van der Waals surface area contributed by atoms with Gasteiger partial charge in [0.05, 0.1) is 0 Å². The van der Waals surface area contributed by atoms with Crippen LogP contribution in [0.3, 0.4) is 0 Å². The van der Waals surface area contributed by atoms with Crippen LogP contribution in [0.1, 0.15) is 11.6 Å². The second-order valence-corrected chi connectivity index (χ2v) is 4.11. The van der Waals surface area contributed by atoms with Gasteiger partial charge in [0.15, 0.2) is 6.04 Å². The van der Waals surface area contributed by atoms with Crippen molar-refractivity contribution >= 4 is 12.0 Å². The maximum absolute atomic E-state index is 12.1. The highest BCUT2D eigenvalue weighted by molar-refractivity contribution is 5.83. The van der Waals surface area contributed by atoms with Crippen LogP contribution in [0.2, 0.25) is 0 Å². The van der Waals surface area contributed by atoms with Crippen molar-refractivity contribution in [3.05, 3.63) is 61.2 Å². The summed E-state index contributed by atoms with van der Waals surface area (Å²) < 4.78 is 0. The van der Waals surface area contributed by atoms with E-state index in [2.05, 4.69) is 18.5 Å². The van der Waals surface area contributed by atoms with Crippen LogP contribution < -0.4 is 5.32 Å². The third-order valence-electron chi connectivity index (χ3n) is 2.63. The summed E-state index contributed by atoms with van der Waals surface area (Å²) in [7, 11) is 0. The minimum Gasteiger partial charge on any atom is -0.479 e. The molecule has 0 aliphatic rings. The van der Waals surface area contributed by atoms with Crippen molar-refractivity contribution in [3.8, 4) is 0 Å². The summed E-state index contributed by atoms with van der Waals surface area (Å²) in [6.07, 6.45) is 3.14. The molecule has 1 aromatic rings. The van der Waals surface area contributed by atoms with E-state index in [4.69, 9.17) is 0 Å². The average molecular weight is 274 g/mol. The number of benzene rings is 1. The molecule has 0 aliphatic carbocycles. The lowest BCUT2D eigenvalue weighted by molar-refractivity contribution is -0.139. The molecule has 0 radical (unpaired) electrons. The number of carboxylic acid groups (broad SMARTS) is 1. The van der Waals surface area contributed by atoms with Crippen molar-refractivity contribution in [2.75, 3.05) is 13.1 Å². The molecular formula is C15H18N2O3. The maximum atomic E-state index is 12.1. The molecule has 0 aliphatic heterocycles. The lowest BCUT2D eigenvalue weighted by Gasteiger charge is -2.23. The third kappa shape index (κ3) is 4.28. The van der Waals surface area contributed by atoms with Gasteiger partial charge in [-0.25, -0.2) is 9.59 Å². The zero-order valence-electron chi connectivity index (χ0n) is 11.2. The summed E-state index contributed by atoms with van der Waals surface area (Å²) in [5, 5.41) is 11.7. The Balaban J connectivity index is 2.85. The first-order valence-corrected chi connectivity index (χ1v) is 6.15. The minimum atomic E-state index is -1.11. The molecule has 0 aromatic heterocycles. The van der Waals surface area contributed by atoms with Gasteiger partial charge in [0.1, 0.15) is 0 Å². The van der Waals surface area contributed by atoms with Crippen molar-refractivity contribution in [2.45, 2.75) is 6.04 Å². The maximum Gasteiger partial charge on any atom is 0.330 e. The fourth-order valence-corrected chi connectivity index (χ4v) is 1.70. The van der Waals surface area contributed by atoms with E-state index in [9.17, 15) is 14.7 Å². The number of amides is 2. The molecule has 0 heterocycles. The highest BCUT2D eigenvalue weighted by Gasteiger charge is 2.23. The molecule has 0 fully saturated rings. The molecule has 5 nitrogen and oxygen atoms in total. The van der Waals surface area contributed by atoms with Crippen LogP contribution in [0.15, 0.2) is 55.6 Å². The lowest BCUT2D eigenvalue weighted by atomic mass is 10.1. The Morgan fingerprint density at radius 1 is 1.20 bits per heavy atom. The monoisotopic (exact) mass is 274 g/mol. The van der Waals surface area contributed by atoms with Gasteiger partial charge in [0.25, 0.3) is 0 Å². The van der Waals surface area contributed by atoms with Gasteiger partial charge in [-0.3, -0.25) is 0 Å². The van der Waals surface area contributed by atoms with E-state index in [0.717, 1.165) is 0 Å². The highest BCUT2D eigenvalue weighted by atomic mass is 16.4. The first-order valence-electron chi connectivity index (χ1n) is 6.15. The Bertz CT molecular complexity index is 475. The normalized spacial score (nSPS) is 11.2. The number of carbonyl (C=O) groups excluding carboxylic acids is 1. The summed E-state index contributed by atoms with van der Waals surface area (Å²) in [5.41, 5.74) is 0.519. The van der Waals surface area contributed by atoms with Gasteiger partial charge in [-0.2, -0.15) is 0 Å². The Morgan fingerprint density at radius 2 is 1.75 bits per heavy atom. The Hall–Kier alpha value is -2.56. The Morgan fingerprint density at radius 3 is 2.20 bits per heavy atom. The van der Waals surface area contributed by atoms with E-state index in [-0.39, 0.29) is 0 Å². The highest BCUT2D eigenvalue weighted by Crippen LogP contribution is 2.13. The number of carbonyl (C=O) groups is 2. The largest absolute Gasteiger partial charge is 0.479 e. The molecule has 1 unspecified atom stereocenters. The number of urea groups is 1. The summed E-state index contributed by atoms with van der Waals surface area (Å²) in [6, 6.07) is 6.99. The number of rotatable bonds is 7. The fraction of sp³-hybridized carbons (Fsp3) is 0.200. The summed E-state index contributed by atoms with van der Waals surface area (Å²) in [4.78, 5) is 24.8. The first-order chi connectivity index (χ1) is 9.60. The summed E-state index contributed by atoms with van der Waals surface area (Å²) >= 11 is 0. The van der Waals surface area contributed by atoms with Gasteiger partial charge in [0, 0.05) is 13.1 Å². The number of hydrogen-bond donors (Lipinski definition) is 2. The number of carboxylic acids is 1. The van der Waals surface area contributed by atoms with Gasteiger partial charge < -0.3 is 15.3 Å². The molecule has 2 N–H and O–H groups in total. The molecule has 20 heavy (non-hydrogen) atoms. The molecule has 1 aromatic carbocycles. The Labute approximate surface area is 118 Å². The fourth-order valence-electron chi connectivity index (χ4n) is 1.70. The summed E-state index contributed by atoms with van der Waals surface area (Å²) in [5.74, 6) is -1.11. The van der Waals surface area contributed by atoms with Crippen LogP contribution in [0, 0.1) is 0 Å². The van der Waals surface area contributed by atoms with E-state index >= 15 is 0 Å². The van der Waals surface area contributed by atoms with E-state index in [0.29, 0.717) is 18.7 Å². The van der Waals surface area contributed by atoms with Crippen molar-refractivity contribution in [1.82, 2.24) is 10.2 Å². The minimum absolute atomic E-state index is 0.318. The van der Waals surface area contributed by atoms with E-state index in [1.807, 2.05) is 0 Å². The number of nitrogens with one attached hydrogen (secondary N) is 1. The van der Waals surface area contributed by atoms with E-state index in [1.165, 1.54) is 4.90 Å². The SMILES string of the molecule is C=CCN(CC=C)C(=O)NC(C(=O)O)c1ccccc1. The molecule has 2 amide bonds. The second kappa shape index (κ2) is 7.78. The van der Waals surface area contributed by atoms with Crippen LogP contribution in [-0.2, 0) is 4.79 Å². The molecule has 0 spiro atoms. The number of aliphatic carboxylic acids is 1. The quantitative estimate of drug-likeness (QED) is 0.749. The predicted octanol–water partition coefficient (Wildman–Crippen LogP) is 2.20. The molecular weight excluding hydrogens is 256 g/mol. The van der Waals surface area contributed by atoms with Crippen molar-refractivity contribution < 1.29 is 14.7 Å². The van der Waals surface area contributed by atoms with Gasteiger partial charge in [-0.05, 0) is 5.56 Å². The average Bonchev–Trinajstić information content (AvgIpc) is 2.45. The molecule has 106 valence electrons. The van der Waals surface area contributed by atoms with Crippen LogP contribution in [-0.4, -0.2) is 35.1 Å². The smallest absolute Gasteiger partial charge is 0.330 e. The van der Waals surface area contributed by atoms with Gasteiger partial charge in [0.2, 0.25) is 0 Å². The molecule has 5 heteroatoms. The predicted molar refractivity (Wildman–Crippen MR) is 77.3 cm³/mol. The van der Waals surface area contributed by atoms with E-state index < -0.39 is 18.0 Å². The second-order valence-electron chi connectivity index (χ2n) is 4.11. The first kappa shape index (κ1) is 15.5. The zero-order chi connectivity index (χ0) is 15.0. The molecule has 0 saturated heterocycles. The number of hydrogen-bond acceptors (Lipinski definition) is 2. The van der Waals surface area contributed by atoms with E-state index in [1.54, 1.807) is 42.5 Å². The topological polar surface area (TPSA) is 69.6 Å². The lowest BCUT2D eigenvalue weighted by Crippen LogP contribution is -2.43. The van der Waals surface area contributed by atoms with Crippen LogP contribution in [0.5, 0.6) is 0 Å². The van der Waals surface area contributed by atoms with Gasteiger partial charge in [-0.15, -0.1) is 13.2 Å². The summed E-state index contributed by atoms with van der Waals surface area (Å²) in [6.45, 7) is 7.77.